The van der Waals surface area contributed by atoms with E-state index in [4.69, 9.17) is 0 Å². The standard InChI is InChI=1S/2C15H18NSi.Ir/c2*1-12-10-14(13-8-6-5-7-9-13)16-11-15(12)17(2,3)4;/h2*5-8,10-11H,1-4H3;/q2*-1;. The summed E-state index contributed by atoms with van der Waals surface area (Å²) in [5.41, 5.74) is 6.88. The van der Waals surface area contributed by atoms with Gasteiger partial charge >= 0.3 is 0 Å². The molecule has 35 heavy (non-hydrogen) atoms. The summed E-state index contributed by atoms with van der Waals surface area (Å²) in [5, 5.41) is 2.88. The second-order valence-corrected chi connectivity index (χ2v) is 20.9. The zero-order chi connectivity index (χ0) is 24.9. The summed E-state index contributed by atoms with van der Waals surface area (Å²) in [6.07, 6.45) is 4.11. The van der Waals surface area contributed by atoms with Gasteiger partial charge in [-0.1, -0.05) is 62.5 Å². The van der Waals surface area contributed by atoms with Crippen molar-refractivity contribution in [1.82, 2.24) is 9.97 Å². The molecule has 0 aliphatic rings. The third-order valence-corrected chi connectivity index (χ3v) is 10.1. The van der Waals surface area contributed by atoms with E-state index in [1.165, 1.54) is 21.5 Å². The van der Waals surface area contributed by atoms with Crippen molar-refractivity contribution in [2.45, 2.75) is 53.1 Å². The molecule has 0 unspecified atom stereocenters. The number of hydrogen-bond acceptors (Lipinski definition) is 2. The molecule has 0 aliphatic carbocycles. The van der Waals surface area contributed by atoms with Gasteiger partial charge in [-0.2, -0.15) is 0 Å². The van der Waals surface area contributed by atoms with Crippen LogP contribution < -0.4 is 10.4 Å². The van der Waals surface area contributed by atoms with Crippen LogP contribution in [0.3, 0.4) is 0 Å². The van der Waals surface area contributed by atoms with Gasteiger partial charge < -0.3 is 9.97 Å². The van der Waals surface area contributed by atoms with Crippen LogP contribution in [0.15, 0.2) is 73.1 Å². The van der Waals surface area contributed by atoms with E-state index in [1.807, 2.05) is 36.4 Å². The van der Waals surface area contributed by atoms with E-state index < -0.39 is 16.1 Å². The van der Waals surface area contributed by atoms with Gasteiger partial charge in [0.1, 0.15) is 0 Å². The molecule has 0 aliphatic heterocycles. The van der Waals surface area contributed by atoms with E-state index in [-0.39, 0.29) is 20.1 Å². The Morgan fingerprint density at radius 3 is 1.23 bits per heavy atom. The van der Waals surface area contributed by atoms with Crippen molar-refractivity contribution in [3.8, 4) is 22.5 Å². The van der Waals surface area contributed by atoms with Gasteiger partial charge in [-0.25, -0.2) is 0 Å². The van der Waals surface area contributed by atoms with Crippen molar-refractivity contribution in [3.63, 3.8) is 0 Å². The maximum atomic E-state index is 4.58. The molecule has 185 valence electrons. The number of aromatic nitrogens is 2. The molecule has 4 rings (SSSR count). The zero-order valence-corrected chi connectivity index (χ0v) is 26.6. The molecule has 5 heteroatoms. The van der Waals surface area contributed by atoms with Gasteiger partial charge in [-0.05, 0) is 35.6 Å². The van der Waals surface area contributed by atoms with Crippen LogP contribution in [0, 0.1) is 26.0 Å². The van der Waals surface area contributed by atoms with Gasteiger partial charge in [0.15, 0.2) is 0 Å². The first-order valence-electron chi connectivity index (χ1n) is 11.9. The Labute approximate surface area is 227 Å². The van der Waals surface area contributed by atoms with Gasteiger partial charge in [0.25, 0.3) is 0 Å². The molecule has 2 heterocycles. The molecule has 2 aromatic heterocycles. The maximum absolute atomic E-state index is 4.58. The summed E-state index contributed by atoms with van der Waals surface area (Å²) in [7, 11) is -2.55. The molecule has 0 saturated carbocycles. The SMILES string of the molecule is Cc1cc(-c2[c-]cccc2)ncc1[Si](C)(C)C.Cc1cc(-c2[c-]cccc2)ncc1[Si](C)(C)C.[Ir]. The second-order valence-electron chi connectivity index (χ2n) is 10.8. The fourth-order valence-corrected chi connectivity index (χ4v) is 7.50. The Bertz CT molecular complexity index is 1130. The van der Waals surface area contributed by atoms with Crippen molar-refractivity contribution in [2.24, 2.45) is 0 Å². The summed E-state index contributed by atoms with van der Waals surface area (Å²) in [4.78, 5) is 9.16. The first-order valence-corrected chi connectivity index (χ1v) is 18.9. The van der Waals surface area contributed by atoms with Crippen LogP contribution in [0.1, 0.15) is 11.1 Å². The molecule has 4 aromatic rings. The molecule has 0 N–H and O–H groups in total. The third kappa shape index (κ3) is 7.91. The minimum Gasteiger partial charge on any atom is -0.305 e. The van der Waals surface area contributed by atoms with Crippen molar-refractivity contribution in [1.29, 1.82) is 0 Å². The molecular weight excluding hydrogens is 637 g/mol. The van der Waals surface area contributed by atoms with Crippen LogP contribution in [0.4, 0.5) is 0 Å². The van der Waals surface area contributed by atoms with Crippen LogP contribution in [-0.2, 0) is 20.1 Å². The fourth-order valence-electron chi connectivity index (χ4n) is 4.08. The number of rotatable bonds is 4. The average Bonchev–Trinajstić information content (AvgIpc) is 2.79. The monoisotopic (exact) mass is 673 g/mol. The Balaban J connectivity index is 0.000000240. The van der Waals surface area contributed by atoms with E-state index in [0.717, 1.165) is 22.5 Å². The predicted molar refractivity (Wildman–Crippen MR) is 152 cm³/mol. The summed E-state index contributed by atoms with van der Waals surface area (Å²) in [5.74, 6) is 0. The molecule has 2 aromatic carbocycles. The summed E-state index contributed by atoms with van der Waals surface area (Å²) >= 11 is 0. The zero-order valence-electron chi connectivity index (χ0n) is 22.2. The number of nitrogens with zero attached hydrogens (tertiary/aromatic N) is 2. The van der Waals surface area contributed by atoms with Crippen LogP contribution in [0.5, 0.6) is 0 Å². The topological polar surface area (TPSA) is 25.8 Å². The summed E-state index contributed by atoms with van der Waals surface area (Å²) in [6.45, 7) is 18.5. The molecule has 0 saturated heterocycles. The van der Waals surface area contributed by atoms with E-state index >= 15 is 0 Å². The summed E-state index contributed by atoms with van der Waals surface area (Å²) in [6, 6.07) is 26.8. The third-order valence-electron chi connectivity index (χ3n) is 5.81. The molecule has 0 spiro atoms. The van der Waals surface area contributed by atoms with Gasteiger partial charge in [-0.3, -0.25) is 0 Å². The predicted octanol–water partition coefficient (Wildman–Crippen LogP) is 6.80. The van der Waals surface area contributed by atoms with Crippen molar-refractivity contribution in [2.75, 3.05) is 0 Å². The Hall–Kier alpha value is -2.18. The second kappa shape index (κ2) is 12.2. The first kappa shape index (κ1) is 29.1. The molecular formula is C30H36IrN2Si2-2. The Kier molecular flexibility index (Phi) is 10.1. The molecule has 2 nitrogen and oxygen atoms in total. The van der Waals surface area contributed by atoms with Crippen LogP contribution in [0.2, 0.25) is 39.3 Å². The number of aryl methyl sites for hydroxylation is 2. The van der Waals surface area contributed by atoms with E-state index in [2.05, 4.69) is 112 Å². The Morgan fingerprint density at radius 1 is 0.600 bits per heavy atom. The van der Waals surface area contributed by atoms with Crippen LogP contribution in [0.25, 0.3) is 22.5 Å². The van der Waals surface area contributed by atoms with E-state index in [1.54, 1.807) is 0 Å². The first-order chi connectivity index (χ1) is 16.0. The van der Waals surface area contributed by atoms with E-state index in [9.17, 15) is 0 Å². The van der Waals surface area contributed by atoms with Crippen molar-refractivity contribution in [3.05, 3.63) is 96.3 Å². The molecule has 0 atom stereocenters. The van der Waals surface area contributed by atoms with E-state index in [0.29, 0.717) is 0 Å². The molecule has 0 amide bonds. The van der Waals surface area contributed by atoms with Crippen LogP contribution in [-0.4, -0.2) is 26.1 Å². The van der Waals surface area contributed by atoms with Gasteiger partial charge in [0.05, 0.1) is 16.1 Å². The Morgan fingerprint density at radius 2 is 0.971 bits per heavy atom. The van der Waals surface area contributed by atoms with Gasteiger partial charge in [0.2, 0.25) is 0 Å². The average molecular weight is 673 g/mol. The largest absolute Gasteiger partial charge is 0.305 e. The summed E-state index contributed by atoms with van der Waals surface area (Å²) < 4.78 is 0. The molecule has 1 radical (unpaired) electrons. The molecule has 0 bridgehead atoms. The van der Waals surface area contributed by atoms with Crippen molar-refractivity contribution < 1.29 is 20.1 Å². The van der Waals surface area contributed by atoms with Crippen LogP contribution >= 0.6 is 0 Å². The number of benzene rings is 2. The van der Waals surface area contributed by atoms with Gasteiger partial charge in [0, 0.05) is 32.5 Å². The minimum absolute atomic E-state index is 0. The maximum Gasteiger partial charge on any atom is 0.0798 e. The molecule has 0 fully saturated rings. The van der Waals surface area contributed by atoms with Gasteiger partial charge in [-0.15, -0.1) is 71.8 Å². The minimum atomic E-state index is -1.27. The smallest absolute Gasteiger partial charge is 0.0798 e. The number of hydrogen-bond donors (Lipinski definition) is 0. The fraction of sp³-hybridized carbons (Fsp3) is 0.267. The normalized spacial score (nSPS) is 11.2. The number of pyridine rings is 2. The quantitative estimate of drug-likeness (QED) is 0.176. The van der Waals surface area contributed by atoms with Crippen molar-refractivity contribution >= 4 is 26.5 Å².